The van der Waals surface area contributed by atoms with Crippen molar-refractivity contribution in [3.05, 3.63) is 23.8 Å². The van der Waals surface area contributed by atoms with Gasteiger partial charge in [0.05, 0.1) is 11.4 Å². The van der Waals surface area contributed by atoms with Gasteiger partial charge in [-0.1, -0.05) is 26.8 Å². The first-order chi connectivity index (χ1) is 8.70. The molecular formula is C13H17NO4S. The molecule has 1 amide bonds. The molecule has 0 aliphatic rings. The highest BCUT2D eigenvalue weighted by Gasteiger charge is 2.16. The van der Waals surface area contributed by atoms with Crippen LogP contribution in [0.15, 0.2) is 18.2 Å². The maximum atomic E-state index is 11.7. The molecule has 5 nitrogen and oxygen atoms in total. The summed E-state index contributed by atoms with van der Waals surface area (Å²) in [6.07, 6.45) is 0. The lowest BCUT2D eigenvalue weighted by molar-refractivity contribution is -0.113. The maximum absolute atomic E-state index is 11.7. The number of nitrogens with one attached hydrogen (secondary N) is 1. The van der Waals surface area contributed by atoms with E-state index in [1.165, 1.54) is 30.0 Å². The minimum atomic E-state index is -1.24. The molecule has 1 aromatic carbocycles. The topological polar surface area (TPSA) is 86.6 Å². The summed E-state index contributed by atoms with van der Waals surface area (Å²) in [7, 11) is 0. The predicted molar refractivity (Wildman–Crippen MR) is 75.9 cm³/mol. The second kappa shape index (κ2) is 5.97. The lowest BCUT2D eigenvalue weighted by atomic mass is 10.1. The highest BCUT2D eigenvalue weighted by atomic mass is 32.2. The number of hydrogen-bond donors (Lipinski definition) is 3. The van der Waals surface area contributed by atoms with Crippen molar-refractivity contribution in [1.82, 2.24) is 0 Å². The molecule has 0 unspecified atom stereocenters. The second-order valence-electron chi connectivity index (χ2n) is 4.96. The summed E-state index contributed by atoms with van der Waals surface area (Å²) in [5.41, 5.74) is -0.124. The number of carbonyl (C=O) groups is 2. The third kappa shape index (κ3) is 4.82. The predicted octanol–water partition coefficient (Wildman–Crippen LogP) is 2.56. The van der Waals surface area contributed by atoms with Crippen molar-refractivity contribution in [2.24, 2.45) is 0 Å². The first-order valence-electron chi connectivity index (χ1n) is 5.70. The average molecular weight is 283 g/mol. The van der Waals surface area contributed by atoms with Crippen LogP contribution in [0.4, 0.5) is 5.69 Å². The van der Waals surface area contributed by atoms with Gasteiger partial charge in [-0.15, -0.1) is 11.8 Å². The normalized spacial score (nSPS) is 11.1. The van der Waals surface area contributed by atoms with Gasteiger partial charge in [-0.3, -0.25) is 4.79 Å². The van der Waals surface area contributed by atoms with Crippen molar-refractivity contribution in [2.75, 3.05) is 11.1 Å². The summed E-state index contributed by atoms with van der Waals surface area (Å²) in [6, 6.07) is 4.20. The lowest BCUT2D eigenvalue weighted by Gasteiger charge is -2.17. The first kappa shape index (κ1) is 15.4. The third-order valence-electron chi connectivity index (χ3n) is 2.18. The van der Waals surface area contributed by atoms with Crippen molar-refractivity contribution in [2.45, 2.75) is 25.5 Å². The van der Waals surface area contributed by atoms with Crippen LogP contribution in [-0.2, 0) is 4.79 Å². The van der Waals surface area contributed by atoms with Crippen LogP contribution in [0.2, 0.25) is 0 Å². The molecule has 0 radical (unpaired) electrons. The van der Waals surface area contributed by atoms with E-state index >= 15 is 0 Å². The Bertz CT molecular complexity index is 494. The third-order valence-corrected chi connectivity index (χ3v) is 3.45. The zero-order valence-electron chi connectivity index (χ0n) is 11.1. The second-order valence-corrected chi connectivity index (χ2v) is 6.76. The molecule has 0 bridgehead atoms. The zero-order valence-corrected chi connectivity index (χ0v) is 11.9. The largest absolute Gasteiger partial charge is 0.505 e. The molecule has 0 saturated heterocycles. The number of para-hydroxylation sites is 1. The van der Waals surface area contributed by atoms with E-state index in [0.29, 0.717) is 0 Å². The number of benzene rings is 1. The molecule has 19 heavy (non-hydrogen) atoms. The monoisotopic (exact) mass is 283 g/mol. The van der Waals surface area contributed by atoms with Crippen LogP contribution in [0, 0.1) is 0 Å². The van der Waals surface area contributed by atoms with E-state index < -0.39 is 11.7 Å². The minimum Gasteiger partial charge on any atom is -0.505 e. The molecule has 104 valence electrons. The van der Waals surface area contributed by atoms with E-state index in [0.717, 1.165) is 0 Å². The highest BCUT2D eigenvalue weighted by Crippen LogP contribution is 2.28. The molecular weight excluding hydrogens is 266 g/mol. The summed E-state index contributed by atoms with van der Waals surface area (Å²) in [5, 5.41) is 21.1. The number of aromatic carboxylic acids is 1. The fraction of sp³-hybridized carbons (Fsp3) is 0.385. The van der Waals surface area contributed by atoms with Crippen molar-refractivity contribution in [1.29, 1.82) is 0 Å². The number of rotatable bonds is 4. The number of phenols is 1. The SMILES string of the molecule is CC(C)(C)SCC(=O)Nc1cccc(C(=O)O)c1O. The van der Waals surface area contributed by atoms with Crippen molar-refractivity contribution in [3.8, 4) is 5.75 Å². The number of carboxylic acid groups (broad SMARTS) is 1. The average Bonchev–Trinajstić information content (AvgIpc) is 2.28. The number of carboxylic acids is 1. The Hall–Kier alpha value is -1.69. The molecule has 0 aromatic heterocycles. The van der Waals surface area contributed by atoms with E-state index in [2.05, 4.69) is 5.32 Å². The van der Waals surface area contributed by atoms with Gasteiger partial charge in [0.1, 0.15) is 5.56 Å². The number of aromatic hydroxyl groups is 1. The number of amides is 1. The fourth-order valence-electron chi connectivity index (χ4n) is 1.29. The van der Waals surface area contributed by atoms with Gasteiger partial charge >= 0.3 is 5.97 Å². The smallest absolute Gasteiger partial charge is 0.339 e. The number of hydrogen-bond acceptors (Lipinski definition) is 4. The van der Waals surface area contributed by atoms with Gasteiger partial charge in [0.2, 0.25) is 5.91 Å². The van der Waals surface area contributed by atoms with Crippen LogP contribution in [0.3, 0.4) is 0 Å². The van der Waals surface area contributed by atoms with E-state index in [1.54, 1.807) is 0 Å². The molecule has 1 rings (SSSR count). The van der Waals surface area contributed by atoms with Gasteiger partial charge in [-0.05, 0) is 12.1 Å². The molecule has 3 N–H and O–H groups in total. The molecule has 0 atom stereocenters. The van der Waals surface area contributed by atoms with Gasteiger partial charge in [0, 0.05) is 4.75 Å². The van der Waals surface area contributed by atoms with Gasteiger partial charge in [0.25, 0.3) is 0 Å². The van der Waals surface area contributed by atoms with E-state index in [9.17, 15) is 14.7 Å². The molecule has 0 aliphatic carbocycles. The number of thioether (sulfide) groups is 1. The summed E-state index contributed by atoms with van der Waals surface area (Å²) in [4.78, 5) is 22.5. The summed E-state index contributed by atoms with van der Waals surface area (Å²) in [5.74, 6) is -1.71. The summed E-state index contributed by atoms with van der Waals surface area (Å²) >= 11 is 1.47. The van der Waals surface area contributed by atoms with Gasteiger partial charge in [0.15, 0.2) is 5.75 Å². The van der Waals surface area contributed by atoms with Crippen molar-refractivity contribution >= 4 is 29.3 Å². The lowest BCUT2D eigenvalue weighted by Crippen LogP contribution is -2.19. The van der Waals surface area contributed by atoms with Crippen LogP contribution in [-0.4, -0.2) is 32.6 Å². The van der Waals surface area contributed by atoms with Gasteiger partial charge in [-0.2, -0.15) is 0 Å². The Morgan fingerprint density at radius 1 is 1.32 bits per heavy atom. The number of carbonyl (C=O) groups excluding carboxylic acids is 1. The maximum Gasteiger partial charge on any atom is 0.339 e. The Kier molecular flexibility index (Phi) is 4.83. The molecule has 1 aromatic rings. The molecule has 0 heterocycles. The Labute approximate surface area is 116 Å². The first-order valence-corrected chi connectivity index (χ1v) is 6.68. The van der Waals surface area contributed by atoms with E-state index in [4.69, 9.17) is 5.11 Å². The minimum absolute atomic E-state index is 0.0394. The van der Waals surface area contributed by atoms with Gasteiger partial charge in [-0.25, -0.2) is 4.79 Å². The van der Waals surface area contributed by atoms with Crippen LogP contribution in [0.1, 0.15) is 31.1 Å². The Morgan fingerprint density at radius 3 is 2.47 bits per heavy atom. The molecule has 6 heteroatoms. The van der Waals surface area contributed by atoms with E-state index in [-0.39, 0.29) is 27.7 Å². The van der Waals surface area contributed by atoms with Crippen molar-refractivity contribution in [3.63, 3.8) is 0 Å². The fourth-order valence-corrected chi connectivity index (χ4v) is 1.92. The highest BCUT2D eigenvalue weighted by molar-refractivity contribution is 8.01. The molecule has 0 saturated carbocycles. The number of anilines is 1. The standard InChI is InChI=1S/C13H17NO4S/c1-13(2,3)19-7-10(15)14-9-6-4-5-8(11(9)16)12(17)18/h4-6,16H,7H2,1-3H3,(H,14,15)(H,17,18). The molecule has 0 spiro atoms. The molecule has 0 aliphatic heterocycles. The summed E-state index contributed by atoms with van der Waals surface area (Å²) < 4.78 is -0.0394. The van der Waals surface area contributed by atoms with Crippen LogP contribution < -0.4 is 5.32 Å². The van der Waals surface area contributed by atoms with Crippen LogP contribution in [0.25, 0.3) is 0 Å². The quantitative estimate of drug-likeness (QED) is 0.739. The summed E-state index contributed by atoms with van der Waals surface area (Å²) in [6.45, 7) is 5.98. The molecule has 0 fully saturated rings. The Morgan fingerprint density at radius 2 is 1.95 bits per heavy atom. The van der Waals surface area contributed by atoms with Crippen LogP contribution >= 0.6 is 11.8 Å². The van der Waals surface area contributed by atoms with Gasteiger partial charge < -0.3 is 15.5 Å². The van der Waals surface area contributed by atoms with Crippen LogP contribution in [0.5, 0.6) is 5.75 Å². The Balaban J connectivity index is 2.75. The zero-order chi connectivity index (χ0) is 14.6. The van der Waals surface area contributed by atoms with E-state index in [1.807, 2.05) is 20.8 Å². The van der Waals surface area contributed by atoms with Crippen molar-refractivity contribution < 1.29 is 19.8 Å².